The number of aliphatic hydroxyl groups is 1. The smallest absolute Gasteiger partial charge is 1.00 e. The second kappa shape index (κ2) is 54.6. The van der Waals surface area contributed by atoms with Crippen molar-refractivity contribution >= 4 is 11.8 Å². The third-order valence-electron chi connectivity index (χ3n) is 15.6. The van der Waals surface area contributed by atoms with Crippen LogP contribution in [0.4, 0.5) is 0 Å². The van der Waals surface area contributed by atoms with Crippen LogP contribution in [0, 0.1) is 0 Å². The summed E-state index contributed by atoms with van der Waals surface area (Å²) in [6, 6.07) is 21.3. The van der Waals surface area contributed by atoms with Gasteiger partial charge in [-0.15, -0.1) is 11.8 Å². The Hall–Kier alpha value is -4.33. The summed E-state index contributed by atoms with van der Waals surface area (Å²) in [6.45, 7) is 37.4. The first-order chi connectivity index (χ1) is 41.2. The van der Waals surface area contributed by atoms with E-state index in [1.54, 1.807) is 0 Å². The summed E-state index contributed by atoms with van der Waals surface area (Å²) in [7, 11) is 0. The summed E-state index contributed by atoms with van der Waals surface area (Å²) in [5, 5.41) is 9.37. The maximum atomic E-state index is 8.93. The van der Waals surface area contributed by atoms with Crippen molar-refractivity contribution in [3.8, 4) is 0 Å². The zero-order valence-corrected chi connectivity index (χ0v) is 59.9. The molecule has 2 aromatic rings. The van der Waals surface area contributed by atoms with Crippen LogP contribution in [0.5, 0.6) is 0 Å². The quantitative estimate of drug-likeness (QED) is 0.0311. The molecule has 0 heterocycles. The summed E-state index contributed by atoms with van der Waals surface area (Å²) in [4.78, 5) is 1.35. The van der Waals surface area contributed by atoms with Crippen molar-refractivity contribution in [3.63, 3.8) is 0 Å². The summed E-state index contributed by atoms with van der Waals surface area (Å²) in [5.41, 5.74) is 21.8. The molecule has 1 unspecified atom stereocenters. The molecule has 0 radical (unpaired) electrons. The second-order valence-corrected chi connectivity index (χ2v) is 26.7. The van der Waals surface area contributed by atoms with Gasteiger partial charge in [-0.3, -0.25) is 0 Å². The Morgan fingerprint density at radius 3 is 0.954 bits per heavy atom. The molecule has 0 aliphatic heterocycles. The van der Waals surface area contributed by atoms with Crippen molar-refractivity contribution in [2.24, 2.45) is 0 Å². The van der Waals surface area contributed by atoms with E-state index in [1.807, 2.05) is 23.9 Å². The number of ether oxygens (including phenoxy) is 1. The van der Waals surface area contributed by atoms with Crippen LogP contribution >= 0.6 is 11.8 Å². The fourth-order valence-corrected chi connectivity index (χ4v) is 11.1. The minimum atomic E-state index is 0. The van der Waals surface area contributed by atoms with Crippen molar-refractivity contribution < 1.29 is 30.1 Å². The molecule has 0 fully saturated rings. The molecule has 2 rings (SSSR count). The molecular weight excluding hydrogens is 1070 g/mol. The number of hydrogen-bond donors (Lipinski definition) is 1. The van der Waals surface area contributed by atoms with Gasteiger partial charge in [-0.05, 0) is 276 Å². The van der Waals surface area contributed by atoms with E-state index >= 15 is 0 Å². The normalized spacial score (nSPS) is 14.2. The van der Waals surface area contributed by atoms with E-state index in [9.17, 15) is 0 Å². The molecule has 87 heavy (non-hydrogen) atoms. The van der Waals surface area contributed by atoms with Crippen LogP contribution in [0.1, 0.15) is 265 Å². The molecule has 0 spiro atoms. The topological polar surface area (TPSA) is 29.5 Å². The van der Waals surface area contributed by atoms with Crippen molar-refractivity contribution in [1.29, 1.82) is 0 Å². The minimum Gasteiger partial charge on any atom is -1.00 e. The molecule has 4 heteroatoms. The Kier molecular flexibility index (Phi) is 51.9. The number of allylic oxidation sites excluding steroid dienone is 25. The van der Waals surface area contributed by atoms with E-state index in [4.69, 9.17) is 9.84 Å². The van der Waals surface area contributed by atoms with Gasteiger partial charge >= 0.3 is 18.9 Å². The van der Waals surface area contributed by atoms with Gasteiger partial charge in [0, 0.05) is 10.1 Å². The number of hydrogen-bond acceptors (Lipinski definition) is 3. The van der Waals surface area contributed by atoms with Gasteiger partial charge in [-0.1, -0.05) is 212 Å². The van der Waals surface area contributed by atoms with Gasteiger partial charge in [-0.25, -0.2) is 0 Å². The molecule has 0 amide bonds. The van der Waals surface area contributed by atoms with Crippen LogP contribution < -0.4 is 18.9 Å². The Bertz CT molecular complexity index is 2590. The van der Waals surface area contributed by atoms with E-state index in [-0.39, 0.29) is 26.9 Å². The van der Waals surface area contributed by atoms with E-state index in [0.717, 1.165) is 103 Å². The number of benzene rings is 2. The molecular formula is C83H127LiO2S. The van der Waals surface area contributed by atoms with Gasteiger partial charge in [0.2, 0.25) is 0 Å². The summed E-state index contributed by atoms with van der Waals surface area (Å²) < 4.78 is 5.82. The van der Waals surface area contributed by atoms with Crippen LogP contribution in [0.3, 0.4) is 0 Å². The van der Waals surface area contributed by atoms with Crippen molar-refractivity contribution in [2.75, 3.05) is 13.2 Å². The van der Waals surface area contributed by atoms with Crippen LogP contribution in [0.2, 0.25) is 0 Å². The molecule has 2 aromatic carbocycles. The monoisotopic (exact) mass is 1190 g/mol. The number of rotatable bonds is 43. The molecule has 1 atom stereocenters. The standard InChI is InChI=1S/C48H68OS.C35H58O.Li.H/c1-39(2)20-15-21-40(3)22-16-23-41(4)25-18-28-44(7)36-48(50-47-32-13-10-14-33-47)37-45(8)29-19-26-42(5)24-17-27-43(6)34-35-49-38-46-30-11-9-12-31-46;1-29(2)15-9-16-30(3)17-10-18-31(4)19-11-20-32(5)21-12-22-33(6)23-13-24-34(7)25-14-26-35(8)27-28-36;;/h9-14,20,22,24-25,29-34,36,48H,15-19,21,23,26-28,35,37-38H2,1-8H3;15,17,19,21,23,25,27,36H,9-14,16,18,20,22,24,26,28H2,1-8H3;;/q;;+1;-1/b40-22+,41-25+,42-24+,43-34+,44-36+,45-29+;30-17+,31-19+,32-21+,33-23+,34-25+,35-27+;;. The van der Waals surface area contributed by atoms with E-state index in [2.05, 4.69) is 244 Å². The third-order valence-corrected chi connectivity index (χ3v) is 16.7. The van der Waals surface area contributed by atoms with Gasteiger partial charge < -0.3 is 11.3 Å². The van der Waals surface area contributed by atoms with Crippen molar-refractivity contribution in [1.82, 2.24) is 0 Å². The first-order valence-corrected chi connectivity index (χ1v) is 34.2. The SMILES string of the molecule is CC(C)=CCC/C(C)=C/CC/C(C)=C/CC/C(C)=C/C(C/C(C)=C/CC/C(C)=C/CC/C(C)=C/COCc1ccccc1)Sc1ccccc1.CC(C)=CCC/C(C)=C/CC/C(C)=C/CC/C(C)=C/CC/C(C)=C/CC/C(C)=C/CC/C(C)=C/CO.[H-].[Li+]. The second-order valence-electron chi connectivity index (χ2n) is 25.4. The minimum absolute atomic E-state index is 0. The summed E-state index contributed by atoms with van der Waals surface area (Å²) in [5.74, 6) is 0. The average molecular weight is 1200 g/mol. The van der Waals surface area contributed by atoms with Gasteiger partial charge in [-0.2, -0.15) is 0 Å². The van der Waals surface area contributed by atoms with Gasteiger partial charge in [0.05, 0.1) is 19.8 Å². The van der Waals surface area contributed by atoms with E-state index in [1.165, 1.54) is 133 Å². The molecule has 0 saturated heterocycles. The van der Waals surface area contributed by atoms with Crippen LogP contribution in [0.15, 0.2) is 229 Å². The predicted octanol–water partition coefficient (Wildman–Crippen LogP) is 23.7. The summed E-state index contributed by atoms with van der Waals surface area (Å²) >= 11 is 2.00. The Balaban J connectivity index is 0. The molecule has 0 aliphatic rings. The average Bonchev–Trinajstić information content (AvgIpc) is 3.62. The van der Waals surface area contributed by atoms with Crippen LogP contribution in [0.25, 0.3) is 0 Å². The predicted molar refractivity (Wildman–Crippen MR) is 391 cm³/mol. The zero-order chi connectivity index (χ0) is 63.6. The first-order valence-electron chi connectivity index (χ1n) is 33.3. The fourth-order valence-electron chi connectivity index (χ4n) is 9.83. The zero-order valence-electron chi connectivity index (χ0n) is 60.1. The molecule has 0 aliphatic carbocycles. The van der Waals surface area contributed by atoms with E-state index in [0.29, 0.717) is 18.5 Å². The first kappa shape index (κ1) is 82.7. The summed E-state index contributed by atoms with van der Waals surface area (Å²) in [6.07, 6.45) is 59.4. The van der Waals surface area contributed by atoms with Gasteiger partial charge in [0.25, 0.3) is 0 Å². The van der Waals surface area contributed by atoms with Crippen molar-refractivity contribution in [3.05, 3.63) is 229 Å². The number of thioether (sulfide) groups is 1. The molecule has 1 N–H and O–H groups in total. The Morgan fingerprint density at radius 1 is 0.356 bits per heavy atom. The maximum absolute atomic E-state index is 8.93. The van der Waals surface area contributed by atoms with Gasteiger partial charge in [0.15, 0.2) is 0 Å². The molecule has 0 saturated carbocycles. The molecule has 0 bridgehead atoms. The fraction of sp³-hybridized carbons (Fsp3) is 0.518. The largest absolute Gasteiger partial charge is 1.00 e. The Morgan fingerprint density at radius 2 is 0.632 bits per heavy atom. The molecule has 478 valence electrons. The van der Waals surface area contributed by atoms with E-state index < -0.39 is 0 Å². The maximum Gasteiger partial charge on any atom is 1.00 e. The molecule has 2 nitrogen and oxygen atoms in total. The third kappa shape index (κ3) is 52.2. The number of aliphatic hydroxyl groups excluding tert-OH is 1. The van der Waals surface area contributed by atoms with Crippen molar-refractivity contribution in [2.45, 2.75) is 275 Å². The van der Waals surface area contributed by atoms with Crippen LogP contribution in [-0.4, -0.2) is 23.6 Å². The van der Waals surface area contributed by atoms with Crippen LogP contribution in [-0.2, 0) is 11.3 Å². The van der Waals surface area contributed by atoms with Gasteiger partial charge in [0.1, 0.15) is 0 Å². The molecule has 0 aromatic heterocycles. The Labute approximate surface area is 556 Å².